The maximum absolute atomic E-state index is 14.0. The van der Waals surface area contributed by atoms with E-state index in [0.717, 1.165) is 31.6 Å². The monoisotopic (exact) mass is 506 g/mol. The predicted octanol–water partition coefficient (Wildman–Crippen LogP) is 5.22. The van der Waals surface area contributed by atoms with E-state index in [1.807, 2.05) is 53.4 Å². The van der Waals surface area contributed by atoms with E-state index in [1.165, 1.54) is 26.9 Å². The second kappa shape index (κ2) is 10.1. The van der Waals surface area contributed by atoms with E-state index >= 15 is 0 Å². The summed E-state index contributed by atoms with van der Waals surface area (Å²) in [5, 5.41) is 1.28. The molecule has 194 valence electrons. The van der Waals surface area contributed by atoms with E-state index in [1.54, 1.807) is 0 Å². The van der Waals surface area contributed by atoms with Crippen molar-refractivity contribution in [3.8, 4) is 0 Å². The molecule has 3 aromatic carbocycles. The molecule has 2 saturated heterocycles. The maximum atomic E-state index is 14.0. The lowest BCUT2D eigenvalue weighted by Crippen LogP contribution is -2.56. The van der Waals surface area contributed by atoms with Crippen molar-refractivity contribution in [1.82, 2.24) is 19.3 Å². The first-order valence-electron chi connectivity index (χ1n) is 13.5. The number of hydrogen-bond acceptors (Lipinski definition) is 3. The third-order valence-corrected chi connectivity index (χ3v) is 8.33. The quantitative estimate of drug-likeness (QED) is 0.323. The van der Waals surface area contributed by atoms with Gasteiger partial charge in [0.1, 0.15) is 5.54 Å². The fourth-order valence-electron chi connectivity index (χ4n) is 6.24. The summed E-state index contributed by atoms with van der Waals surface area (Å²) in [5.74, 6) is -0.0378. The number of likely N-dealkylation sites (tertiary alicyclic amines) is 1. The van der Waals surface area contributed by atoms with Crippen molar-refractivity contribution in [3.63, 3.8) is 0 Å². The van der Waals surface area contributed by atoms with Crippen LogP contribution in [0.15, 0.2) is 91.1 Å². The summed E-state index contributed by atoms with van der Waals surface area (Å²) in [6, 6.07) is 28.4. The number of aromatic nitrogens is 1. The third-order valence-electron chi connectivity index (χ3n) is 8.33. The van der Waals surface area contributed by atoms with Crippen LogP contribution in [0.2, 0.25) is 0 Å². The second-order valence-electron chi connectivity index (χ2n) is 10.6. The molecule has 0 aliphatic carbocycles. The van der Waals surface area contributed by atoms with Gasteiger partial charge >= 0.3 is 6.03 Å². The Kier molecular flexibility index (Phi) is 6.50. The second-order valence-corrected chi connectivity index (χ2v) is 10.6. The third kappa shape index (κ3) is 4.39. The molecule has 6 rings (SSSR count). The van der Waals surface area contributed by atoms with Gasteiger partial charge in [-0.2, -0.15) is 0 Å². The number of para-hydroxylation sites is 1. The number of rotatable bonds is 7. The Morgan fingerprint density at radius 3 is 2.11 bits per heavy atom. The molecule has 3 heterocycles. The molecule has 0 saturated carbocycles. The Morgan fingerprint density at radius 2 is 1.39 bits per heavy atom. The van der Waals surface area contributed by atoms with Gasteiger partial charge in [0.15, 0.2) is 0 Å². The molecule has 38 heavy (non-hydrogen) atoms. The first-order chi connectivity index (χ1) is 18.5. The molecule has 3 amide bonds. The van der Waals surface area contributed by atoms with E-state index in [9.17, 15) is 9.59 Å². The van der Waals surface area contributed by atoms with Gasteiger partial charge in [-0.05, 0) is 42.0 Å². The minimum atomic E-state index is -0.768. The molecule has 2 aliphatic rings. The average Bonchev–Trinajstić information content (AvgIpc) is 3.36. The number of carbonyl (C=O) groups is 2. The highest BCUT2D eigenvalue weighted by Crippen LogP contribution is 2.39. The number of amides is 3. The fraction of sp³-hybridized carbons (Fsp3) is 0.312. The molecule has 0 radical (unpaired) electrons. The van der Waals surface area contributed by atoms with Crippen LogP contribution in [-0.4, -0.2) is 56.4 Å². The largest absolute Gasteiger partial charge is 0.350 e. The zero-order valence-electron chi connectivity index (χ0n) is 21.9. The summed E-state index contributed by atoms with van der Waals surface area (Å²) in [4.78, 5) is 33.6. The standard InChI is InChI=1S/C32H34N4O2/c1-33-23-27(28-14-8-9-15-29(28)33)24-34-20-17-32(18-21-34)30(37)35(22-26-12-6-3-7-13-26)31(38)36(32)19-16-25-10-4-2-5-11-25/h2-15,23H,16-22,24H2,1H3. The minimum absolute atomic E-state index is 0.0378. The van der Waals surface area contributed by atoms with Gasteiger partial charge in [-0.1, -0.05) is 78.9 Å². The van der Waals surface area contributed by atoms with Crippen LogP contribution in [0.4, 0.5) is 4.79 Å². The molecule has 0 unspecified atom stereocenters. The van der Waals surface area contributed by atoms with Crippen molar-refractivity contribution >= 4 is 22.8 Å². The van der Waals surface area contributed by atoms with Crippen LogP contribution in [-0.2, 0) is 31.4 Å². The van der Waals surface area contributed by atoms with Crippen LogP contribution in [0.1, 0.15) is 29.5 Å². The molecule has 0 atom stereocenters. The van der Waals surface area contributed by atoms with Gasteiger partial charge in [0, 0.05) is 50.3 Å². The Labute approximate surface area is 224 Å². The van der Waals surface area contributed by atoms with E-state index in [-0.39, 0.29) is 11.9 Å². The van der Waals surface area contributed by atoms with Crippen molar-refractivity contribution in [1.29, 1.82) is 0 Å². The summed E-state index contributed by atoms with van der Waals surface area (Å²) >= 11 is 0. The van der Waals surface area contributed by atoms with Crippen LogP contribution in [0, 0.1) is 0 Å². The number of nitrogens with zero attached hydrogens (tertiary/aromatic N) is 4. The van der Waals surface area contributed by atoms with E-state index in [4.69, 9.17) is 0 Å². The smallest absolute Gasteiger partial charge is 0.328 e. The summed E-state index contributed by atoms with van der Waals surface area (Å²) in [5.41, 5.74) is 3.92. The molecule has 2 fully saturated rings. The number of urea groups is 1. The number of aryl methyl sites for hydroxylation is 1. The molecule has 4 aromatic rings. The lowest BCUT2D eigenvalue weighted by molar-refractivity contribution is -0.136. The molecule has 6 nitrogen and oxygen atoms in total. The number of fused-ring (bicyclic) bond motifs is 1. The molecule has 1 aromatic heterocycles. The number of carbonyl (C=O) groups excluding carboxylic acids is 2. The molecule has 1 spiro atoms. The summed E-state index contributed by atoms with van der Waals surface area (Å²) in [6.07, 6.45) is 4.26. The van der Waals surface area contributed by atoms with Crippen LogP contribution >= 0.6 is 0 Å². The Balaban J connectivity index is 1.23. The molecule has 0 N–H and O–H groups in total. The zero-order valence-corrected chi connectivity index (χ0v) is 21.9. The minimum Gasteiger partial charge on any atom is -0.350 e. The van der Waals surface area contributed by atoms with Crippen LogP contribution in [0.5, 0.6) is 0 Å². The molecule has 6 heteroatoms. The van der Waals surface area contributed by atoms with E-state index in [2.05, 4.69) is 59.1 Å². The number of piperidine rings is 1. The molecular weight excluding hydrogens is 472 g/mol. The lowest BCUT2D eigenvalue weighted by atomic mass is 9.85. The topological polar surface area (TPSA) is 48.8 Å². The summed E-state index contributed by atoms with van der Waals surface area (Å²) in [7, 11) is 2.09. The van der Waals surface area contributed by atoms with Gasteiger partial charge in [0.05, 0.1) is 6.54 Å². The SMILES string of the molecule is Cn1cc(CN2CCC3(CC2)C(=O)N(Cc2ccccc2)C(=O)N3CCc2ccccc2)c2ccccc21. The first kappa shape index (κ1) is 24.4. The number of imide groups is 1. The van der Waals surface area contributed by atoms with Crippen molar-refractivity contribution in [2.24, 2.45) is 7.05 Å². The highest BCUT2D eigenvalue weighted by molar-refractivity contribution is 6.07. The van der Waals surface area contributed by atoms with Crippen molar-refractivity contribution in [2.45, 2.75) is 37.9 Å². The first-order valence-corrected chi connectivity index (χ1v) is 13.5. The van der Waals surface area contributed by atoms with Crippen LogP contribution in [0.3, 0.4) is 0 Å². The van der Waals surface area contributed by atoms with Crippen molar-refractivity contribution in [3.05, 3.63) is 108 Å². The summed E-state index contributed by atoms with van der Waals surface area (Å²) in [6.45, 7) is 3.27. The Morgan fingerprint density at radius 1 is 0.763 bits per heavy atom. The highest BCUT2D eigenvalue weighted by atomic mass is 16.2. The maximum Gasteiger partial charge on any atom is 0.328 e. The van der Waals surface area contributed by atoms with Crippen LogP contribution in [0.25, 0.3) is 10.9 Å². The average molecular weight is 507 g/mol. The van der Waals surface area contributed by atoms with Gasteiger partial charge in [-0.15, -0.1) is 0 Å². The number of hydrogen-bond donors (Lipinski definition) is 0. The fourth-order valence-corrected chi connectivity index (χ4v) is 6.24. The Bertz CT molecular complexity index is 1440. The summed E-state index contributed by atoms with van der Waals surface area (Å²) < 4.78 is 2.18. The van der Waals surface area contributed by atoms with Crippen molar-refractivity contribution < 1.29 is 9.59 Å². The molecule has 0 bridgehead atoms. The van der Waals surface area contributed by atoms with Gasteiger partial charge in [-0.3, -0.25) is 14.6 Å². The highest BCUT2D eigenvalue weighted by Gasteiger charge is 2.57. The Hall–Kier alpha value is -3.90. The predicted molar refractivity (Wildman–Crippen MR) is 149 cm³/mol. The normalized spacial score (nSPS) is 17.7. The van der Waals surface area contributed by atoms with Gasteiger partial charge in [0.25, 0.3) is 5.91 Å². The number of benzene rings is 3. The molecular formula is C32H34N4O2. The van der Waals surface area contributed by atoms with E-state index in [0.29, 0.717) is 25.9 Å². The van der Waals surface area contributed by atoms with Gasteiger partial charge in [0.2, 0.25) is 0 Å². The zero-order chi connectivity index (χ0) is 26.1. The van der Waals surface area contributed by atoms with Gasteiger partial charge < -0.3 is 9.47 Å². The molecule has 2 aliphatic heterocycles. The lowest BCUT2D eigenvalue weighted by Gasteiger charge is -2.42. The van der Waals surface area contributed by atoms with Crippen molar-refractivity contribution in [2.75, 3.05) is 19.6 Å². The van der Waals surface area contributed by atoms with E-state index < -0.39 is 5.54 Å². The van der Waals surface area contributed by atoms with Gasteiger partial charge in [-0.25, -0.2) is 4.79 Å². The van der Waals surface area contributed by atoms with Crippen LogP contribution < -0.4 is 0 Å².